The Balaban J connectivity index is 1.46. The van der Waals surface area contributed by atoms with Crippen LogP contribution in [0, 0.1) is 6.92 Å². The first-order valence-corrected chi connectivity index (χ1v) is 9.52. The molecule has 1 aromatic carbocycles. The molecule has 1 saturated heterocycles. The Hall–Kier alpha value is -1.61. The zero-order chi connectivity index (χ0) is 16.6. The van der Waals surface area contributed by atoms with E-state index in [1.807, 2.05) is 6.07 Å². The third-order valence-electron chi connectivity index (χ3n) is 4.99. The molecule has 0 atom stereocenters. The second-order valence-corrected chi connectivity index (χ2v) is 6.97. The first kappa shape index (κ1) is 17.2. The molecule has 24 heavy (non-hydrogen) atoms. The van der Waals surface area contributed by atoms with Crippen molar-refractivity contribution in [2.75, 3.05) is 32.8 Å². The van der Waals surface area contributed by atoms with Gasteiger partial charge in [0.05, 0.1) is 0 Å². The second kappa shape index (κ2) is 9.03. The molecule has 2 heterocycles. The van der Waals surface area contributed by atoms with E-state index in [-0.39, 0.29) is 0 Å². The van der Waals surface area contributed by atoms with Crippen molar-refractivity contribution >= 4 is 6.21 Å². The summed E-state index contributed by atoms with van der Waals surface area (Å²) in [5.74, 6) is 0.978. The van der Waals surface area contributed by atoms with Crippen LogP contribution in [0.4, 0.5) is 0 Å². The molecular formula is C21H31N2O+. The van der Waals surface area contributed by atoms with E-state index in [0.29, 0.717) is 0 Å². The summed E-state index contributed by atoms with van der Waals surface area (Å²) in [5.41, 5.74) is 2.74. The molecule has 0 amide bonds. The van der Waals surface area contributed by atoms with Gasteiger partial charge >= 0.3 is 0 Å². The van der Waals surface area contributed by atoms with Gasteiger partial charge in [0.15, 0.2) is 12.2 Å². The van der Waals surface area contributed by atoms with Crippen molar-refractivity contribution < 1.29 is 9.31 Å². The average molecular weight is 327 g/mol. The minimum Gasteiger partial charge on any atom is -0.487 e. The quantitative estimate of drug-likeness (QED) is 0.703. The molecule has 0 radical (unpaired) electrons. The number of piperidine rings is 1. The van der Waals surface area contributed by atoms with Crippen molar-refractivity contribution in [1.82, 2.24) is 4.90 Å². The van der Waals surface area contributed by atoms with Gasteiger partial charge in [-0.05, 0) is 63.0 Å². The van der Waals surface area contributed by atoms with Crippen LogP contribution in [0.25, 0.3) is 0 Å². The van der Waals surface area contributed by atoms with E-state index >= 15 is 0 Å². The van der Waals surface area contributed by atoms with Gasteiger partial charge in [0.2, 0.25) is 0 Å². The van der Waals surface area contributed by atoms with Gasteiger partial charge in [-0.1, -0.05) is 18.6 Å². The minimum absolute atomic E-state index is 0.737. The Morgan fingerprint density at radius 2 is 2.00 bits per heavy atom. The van der Waals surface area contributed by atoms with E-state index < -0.39 is 0 Å². The second-order valence-electron chi connectivity index (χ2n) is 6.97. The van der Waals surface area contributed by atoms with Crippen molar-refractivity contribution in [2.24, 2.45) is 0 Å². The molecule has 0 saturated carbocycles. The molecule has 2 aliphatic rings. The summed E-state index contributed by atoms with van der Waals surface area (Å²) in [6.45, 7) is 7.56. The first-order valence-electron chi connectivity index (χ1n) is 9.52. The summed E-state index contributed by atoms with van der Waals surface area (Å²) < 4.78 is 8.35. The summed E-state index contributed by atoms with van der Waals surface area (Å²) in [7, 11) is 0. The number of nitrogens with zero attached hydrogens (tertiary/aromatic N) is 2. The average Bonchev–Trinajstić information content (AvgIpc) is 2.62. The molecule has 3 heteroatoms. The molecule has 130 valence electrons. The highest BCUT2D eigenvalue weighted by molar-refractivity contribution is 5.53. The Morgan fingerprint density at radius 3 is 2.83 bits per heavy atom. The van der Waals surface area contributed by atoms with Gasteiger partial charge < -0.3 is 9.64 Å². The largest absolute Gasteiger partial charge is 0.487 e. The van der Waals surface area contributed by atoms with E-state index in [9.17, 15) is 0 Å². The highest BCUT2D eigenvalue weighted by atomic mass is 16.5. The van der Waals surface area contributed by atoms with E-state index in [1.54, 1.807) is 0 Å². The third kappa shape index (κ3) is 5.20. The number of rotatable bonds is 7. The van der Waals surface area contributed by atoms with Crippen LogP contribution in [0.15, 0.2) is 36.0 Å². The van der Waals surface area contributed by atoms with Crippen LogP contribution in [-0.2, 0) is 0 Å². The highest BCUT2D eigenvalue weighted by Crippen LogP contribution is 2.16. The van der Waals surface area contributed by atoms with E-state index in [4.69, 9.17) is 4.74 Å². The molecule has 1 fully saturated rings. The maximum Gasteiger partial charge on any atom is 0.182 e. The van der Waals surface area contributed by atoms with Gasteiger partial charge in [0, 0.05) is 19.4 Å². The molecule has 0 N–H and O–H groups in total. The number of benzene rings is 1. The predicted octanol–water partition coefficient (Wildman–Crippen LogP) is 4.01. The van der Waals surface area contributed by atoms with Crippen LogP contribution in [-0.4, -0.2) is 48.5 Å². The maximum atomic E-state index is 5.93. The lowest BCUT2D eigenvalue weighted by atomic mass is 10.1. The van der Waals surface area contributed by atoms with Crippen LogP contribution in [0.2, 0.25) is 0 Å². The molecule has 0 bridgehead atoms. The molecule has 3 rings (SSSR count). The molecule has 2 aliphatic heterocycles. The topological polar surface area (TPSA) is 15.5 Å². The van der Waals surface area contributed by atoms with Crippen LogP contribution in [0.3, 0.4) is 0 Å². The van der Waals surface area contributed by atoms with Gasteiger partial charge in [-0.3, -0.25) is 0 Å². The summed E-state index contributed by atoms with van der Waals surface area (Å²) in [6, 6.07) is 8.31. The van der Waals surface area contributed by atoms with E-state index in [2.05, 4.69) is 46.9 Å². The zero-order valence-corrected chi connectivity index (χ0v) is 15.0. The third-order valence-corrected chi connectivity index (χ3v) is 4.99. The number of hydrogen-bond donors (Lipinski definition) is 0. The van der Waals surface area contributed by atoms with Gasteiger partial charge in [-0.2, -0.15) is 0 Å². The molecular weight excluding hydrogens is 296 g/mol. The number of hydrogen-bond acceptors (Lipinski definition) is 2. The van der Waals surface area contributed by atoms with Gasteiger partial charge in [-0.15, -0.1) is 0 Å². The molecule has 0 aliphatic carbocycles. The van der Waals surface area contributed by atoms with Crippen LogP contribution < -0.4 is 4.74 Å². The minimum atomic E-state index is 0.737. The zero-order valence-electron chi connectivity index (χ0n) is 15.0. The van der Waals surface area contributed by atoms with Crippen LogP contribution in [0.1, 0.15) is 44.1 Å². The van der Waals surface area contributed by atoms with Crippen molar-refractivity contribution in [2.45, 2.75) is 45.4 Å². The smallest absolute Gasteiger partial charge is 0.182 e. The fourth-order valence-electron chi connectivity index (χ4n) is 3.62. The lowest BCUT2D eigenvalue weighted by Crippen LogP contribution is -2.32. The monoisotopic (exact) mass is 327 g/mol. The standard InChI is InChI=1S/C21H31N2O/c1-19-8-7-10-21(18-19)24-17-16-23-14-6-3-9-20(23)11-15-22-12-4-2-5-13-22/h7-10,14,18H,2-6,11-13,15-17H2,1H3/q+1. The van der Waals surface area contributed by atoms with Crippen molar-refractivity contribution in [3.05, 3.63) is 41.6 Å². The lowest BCUT2D eigenvalue weighted by molar-refractivity contribution is -0.480. The van der Waals surface area contributed by atoms with Crippen LogP contribution >= 0.6 is 0 Å². The first-order chi connectivity index (χ1) is 11.8. The fraction of sp³-hybridized carbons (Fsp3) is 0.571. The summed E-state index contributed by atoms with van der Waals surface area (Å²) in [4.78, 5) is 2.63. The normalized spacial score (nSPS) is 18.9. The number of likely N-dealkylation sites (tertiary alicyclic amines) is 1. The Labute approximate surface area is 146 Å². The van der Waals surface area contributed by atoms with Crippen LogP contribution in [0.5, 0.6) is 5.75 Å². The maximum absolute atomic E-state index is 5.93. The molecule has 3 nitrogen and oxygen atoms in total. The Bertz CT molecular complexity index is 585. The Kier molecular flexibility index (Phi) is 6.48. The van der Waals surface area contributed by atoms with E-state index in [1.165, 1.54) is 63.0 Å². The summed E-state index contributed by atoms with van der Waals surface area (Å²) >= 11 is 0. The van der Waals surface area contributed by atoms with Gasteiger partial charge in [0.25, 0.3) is 0 Å². The lowest BCUT2D eigenvalue weighted by Gasteiger charge is -2.26. The molecule has 0 aromatic heterocycles. The number of ether oxygens (including phenoxy) is 1. The summed E-state index contributed by atoms with van der Waals surface area (Å²) in [6.07, 6.45) is 12.4. The molecule has 0 unspecified atom stereocenters. The van der Waals surface area contributed by atoms with E-state index in [0.717, 1.165) is 25.3 Å². The molecule has 1 aromatic rings. The van der Waals surface area contributed by atoms with Crippen molar-refractivity contribution in [3.63, 3.8) is 0 Å². The number of allylic oxidation sites excluding steroid dienone is 1. The predicted molar refractivity (Wildman–Crippen MR) is 100 cm³/mol. The molecule has 0 spiro atoms. The summed E-state index contributed by atoms with van der Waals surface area (Å²) in [5, 5.41) is 0. The highest BCUT2D eigenvalue weighted by Gasteiger charge is 2.18. The van der Waals surface area contributed by atoms with Crippen molar-refractivity contribution in [3.8, 4) is 5.75 Å². The van der Waals surface area contributed by atoms with Gasteiger partial charge in [-0.25, -0.2) is 4.58 Å². The Morgan fingerprint density at radius 1 is 1.12 bits per heavy atom. The number of aryl methyl sites for hydroxylation is 1. The fourth-order valence-corrected chi connectivity index (χ4v) is 3.62. The SMILES string of the molecule is Cc1cccc(OCC[N+]2=CCCC=C2CCN2CCCCC2)c1. The van der Waals surface area contributed by atoms with Gasteiger partial charge in [0.1, 0.15) is 18.6 Å². The van der Waals surface area contributed by atoms with Crippen molar-refractivity contribution in [1.29, 1.82) is 0 Å².